The zero-order valence-corrected chi connectivity index (χ0v) is 14.6. The van der Waals surface area contributed by atoms with E-state index in [1.54, 1.807) is 24.4 Å². The Labute approximate surface area is 156 Å². The lowest BCUT2D eigenvalue weighted by Gasteiger charge is -2.40. The van der Waals surface area contributed by atoms with Crippen LogP contribution in [0.4, 0.5) is 19.0 Å². The van der Waals surface area contributed by atoms with Crippen LogP contribution in [0.3, 0.4) is 0 Å². The monoisotopic (exact) mass is 395 g/mol. The van der Waals surface area contributed by atoms with Gasteiger partial charge in [-0.15, -0.1) is 0 Å². The van der Waals surface area contributed by atoms with Crippen LogP contribution in [0.1, 0.15) is 5.69 Å². The standard InChI is InChI=1S/C17H13ClF3N5O/c18-11-1-2-12-13(5-11)22-6-15(23-12)25-7-10(8-25)9-26-16(27)4-3-14(24-26)17(19,20)21/h1-6,10H,7-9H2. The van der Waals surface area contributed by atoms with Gasteiger partial charge in [-0.2, -0.15) is 18.3 Å². The predicted octanol–water partition coefficient (Wildman–Crippen LogP) is 3.00. The molecule has 0 bridgehead atoms. The molecular weight excluding hydrogens is 383 g/mol. The molecule has 3 aromatic rings. The van der Waals surface area contributed by atoms with Crippen LogP contribution in [-0.2, 0) is 12.7 Å². The summed E-state index contributed by atoms with van der Waals surface area (Å²) >= 11 is 5.93. The van der Waals surface area contributed by atoms with E-state index < -0.39 is 17.4 Å². The Balaban J connectivity index is 1.46. The molecule has 1 fully saturated rings. The van der Waals surface area contributed by atoms with Crippen LogP contribution >= 0.6 is 11.6 Å². The summed E-state index contributed by atoms with van der Waals surface area (Å²) < 4.78 is 39.2. The van der Waals surface area contributed by atoms with Gasteiger partial charge in [-0.25, -0.2) is 9.67 Å². The molecule has 2 aromatic heterocycles. The van der Waals surface area contributed by atoms with E-state index in [4.69, 9.17) is 11.6 Å². The predicted molar refractivity (Wildman–Crippen MR) is 93.8 cm³/mol. The van der Waals surface area contributed by atoms with Gasteiger partial charge < -0.3 is 4.90 Å². The molecule has 27 heavy (non-hydrogen) atoms. The molecule has 0 aliphatic carbocycles. The number of hydrogen-bond donors (Lipinski definition) is 0. The molecule has 0 atom stereocenters. The lowest BCUT2D eigenvalue weighted by Crippen LogP contribution is -2.50. The average Bonchev–Trinajstić information content (AvgIpc) is 2.57. The third kappa shape index (κ3) is 3.59. The fourth-order valence-corrected chi connectivity index (χ4v) is 3.14. The summed E-state index contributed by atoms with van der Waals surface area (Å²) in [5, 5.41) is 4.01. The van der Waals surface area contributed by atoms with Crippen LogP contribution < -0.4 is 10.5 Å². The van der Waals surface area contributed by atoms with Gasteiger partial charge in [0.1, 0.15) is 5.82 Å². The summed E-state index contributed by atoms with van der Waals surface area (Å²) in [6.07, 6.45) is -2.95. The third-order valence-corrected chi connectivity index (χ3v) is 4.60. The Morgan fingerprint density at radius 1 is 1.15 bits per heavy atom. The fourth-order valence-electron chi connectivity index (χ4n) is 2.97. The van der Waals surface area contributed by atoms with E-state index in [-0.39, 0.29) is 12.5 Å². The molecule has 3 heterocycles. The number of halogens is 4. The van der Waals surface area contributed by atoms with Gasteiger partial charge in [0.15, 0.2) is 5.69 Å². The minimum absolute atomic E-state index is 0.00129. The molecule has 1 saturated heterocycles. The highest BCUT2D eigenvalue weighted by Gasteiger charge is 2.34. The summed E-state index contributed by atoms with van der Waals surface area (Å²) in [5.41, 5.74) is -0.236. The van der Waals surface area contributed by atoms with Crippen molar-refractivity contribution in [3.05, 3.63) is 57.6 Å². The van der Waals surface area contributed by atoms with Crippen LogP contribution in [0, 0.1) is 5.92 Å². The lowest BCUT2D eigenvalue weighted by molar-refractivity contribution is -0.142. The summed E-state index contributed by atoms with van der Waals surface area (Å²) in [6.45, 7) is 1.23. The van der Waals surface area contributed by atoms with Crippen LogP contribution in [0.2, 0.25) is 5.02 Å². The van der Waals surface area contributed by atoms with Gasteiger partial charge >= 0.3 is 6.18 Å². The first kappa shape index (κ1) is 17.7. The molecule has 4 rings (SSSR count). The summed E-state index contributed by atoms with van der Waals surface area (Å²) in [5.74, 6) is 0.673. The molecule has 1 aromatic carbocycles. The Morgan fingerprint density at radius 2 is 1.93 bits per heavy atom. The first-order valence-corrected chi connectivity index (χ1v) is 8.50. The van der Waals surface area contributed by atoms with Crippen molar-refractivity contribution in [2.75, 3.05) is 18.0 Å². The van der Waals surface area contributed by atoms with Crippen molar-refractivity contribution >= 4 is 28.5 Å². The van der Waals surface area contributed by atoms with E-state index in [0.717, 1.165) is 10.7 Å². The normalized spacial score (nSPS) is 15.2. The Kier molecular flexibility index (Phi) is 4.26. The van der Waals surface area contributed by atoms with Crippen LogP contribution in [0.5, 0.6) is 0 Å². The number of nitrogens with zero attached hydrogens (tertiary/aromatic N) is 5. The van der Waals surface area contributed by atoms with Crippen LogP contribution in [-0.4, -0.2) is 32.8 Å². The van der Waals surface area contributed by atoms with E-state index in [9.17, 15) is 18.0 Å². The van der Waals surface area contributed by atoms with Crippen molar-refractivity contribution in [3.8, 4) is 0 Å². The van der Waals surface area contributed by atoms with Crippen molar-refractivity contribution < 1.29 is 13.2 Å². The first-order valence-electron chi connectivity index (χ1n) is 8.12. The highest BCUT2D eigenvalue weighted by atomic mass is 35.5. The molecule has 10 heteroatoms. The molecule has 0 amide bonds. The summed E-state index contributed by atoms with van der Waals surface area (Å²) in [6, 6.07) is 6.82. The Hall–Kier alpha value is -2.68. The molecule has 0 radical (unpaired) electrons. The van der Waals surface area contributed by atoms with Gasteiger partial charge in [0.25, 0.3) is 5.56 Å². The topological polar surface area (TPSA) is 63.9 Å². The second kappa shape index (κ2) is 6.49. The quantitative estimate of drug-likeness (QED) is 0.682. The summed E-state index contributed by atoms with van der Waals surface area (Å²) in [4.78, 5) is 22.6. The largest absolute Gasteiger partial charge is 0.435 e. The molecular formula is C17H13ClF3N5O. The van der Waals surface area contributed by atoms with Gasteiger partial charge in [0, 0.05) is 30.1 Å². The SMILES string of the molecule is O=c1ccc(C(F)(F)F)nn1CC1CN(c2cnc3cc(Cl)ccc3n2)C1. The van der Waals surface area contributed by atoms with Gasteiger partial charge in [0.2, 0.25) is 0 Å². The maximum absolute atomic E-state index is 12.8. The van der Waals surface area contributed by atoms with Gasteiger partial charge in [-0.1, -0.05) is 11.6 Å². The number of benzene rings is 1. The minimum Gasteiger partial charge on any atom is -0.354 e. The van der Waals surface area contributed by atoms with Crippen molar-refractivity contribution in [1.82, 2.24) is 19.7 Å². The number of anilines is 1. The molecule has 0 spiro atoms. The molecule has 1 aliphatic rings. The van der Waals surface area contributed by atoms with E-state index >= 15 is 0 Å². The third-order valence-electron chi connectivity index (χ3n) is 4.36. The summed E-state index contributed by atoms with van der Waals surface area (Å²) in [7, 11) is 0. The van der Waals surface area contributed by atoms with Gasteiger partial charge in [0.05, 0.1) is 23.8 Å². The Morgan fingerprint density at radius 3 is 2.67 bits per heavy atom. The molecule has 1 aliphatic heterocycles. The fraction of sp³-hybridized carbons (Fsp3) is 0.294. The molecule has 0 N–H and O–H groups in total. The second-order valence-electron chi connectivity index (χ2n) is 6.37. The van der Waals surface area contributed by atoms with Crippen molar-refractivity contribution in [2.45, 2.75) is 12.7 Å². The van der Waals surface area contributed by atoms with E-state index in [2.05, 4.69) is 15.1 Å². The van der Waals surface area contributed by atoms with Gasteiger partial charge in [-0.05, 0) is 24.3 Å². The maximum atomic E-state index is 12.8. The van der Waals surface area contributed by atoms with Crippen molar-refractivity contribution in [3.63, 3.8) is 0 Å². The molecule has 0 unspecified atom stereocenters. The maximum Gasteiger partial charge on any atom is 0.435 e. The molecule has 6 nitrogen and oxygen atoms in total. The van der Waals surface area contributed by atoms with E-state index in [0.29, 0.717) is 41.0 Å². The highest BCUT2D eigenvalue weighted by molar-refractivity contribution is 6.31. The highest BCUT2D eigenvalue weighted by Crippen LogP contribution is 2.28. The van der Waals surface area contributed by atoms with Crippen LogP contribution in [0.25, 0.3) is 11.0 Å². The number of fused-ring (bicyclic) bond motifs is 1. The lowest BCUT2D eigenvalue weighted by atomic mass is 10.0. The molecule has 140 valence electrons. The second-order valence-corrected chi connectivity index (χ2v) is 6.81. The minimum atomic E-state index is -4.58. The van der Waals surface area contributed by atoms with E-state index in [1.807, 2.05) is 4.90 Å². The number of hydrogen-bond acceptors (Lipinski definition) is 5. The first-order chi connectivity index (χ1) is 12.8. The number of alkyl halides is 3. The zero-order valence-electron chi connectivity index (χ0n) is 13.8. The van der Waals surface area contributed by atoms with Crippen molar-refractivity contribution in [1.29, 1.82) is 0 Å². The van der Waals surface area contributed by atoms with Gasteiger partial charge in [-0.3, -0.25) is 9.78 Å². The Bertz CT molecular complexity index is 1060. The van der Waals surface area contributed by atoms with Crippen LogP contribution in [0.15, 0.2) is 41.3 Å². The van der Waals surface area contributed by atoms with E-state index in [1.165, 1.54) is 0 Å². The smallest absolute Gasteiger partial charge is 0.354 e. The van der Waals surface area contributed by atoms with Crippen molar-refractivity contribution in [2.24, 2.45) is 5.92 Å². The number of aromatic nitrogens is 4. The zero-order chi connectivity index (χ0) is 19.2. The number of rotatable bonds is 3. The molecule has 0 saturated carbocycles. The average molecular weight is 396 g/mol.